The molecule has 1 aliphatic heterocycles. The minimum absolute atomic E-state index is 0.0631. The molecule has 0 fully saturated rings. The number of nitrogens with zero attached hydrogens (tertiary/aromatic N) is 2. The van der Waals surface area contributed by atoms with Crippen LogP contribution < -0.4 is 0 Å². The summed E-state index contributed by atoms with van der Waals surface area (Å²) in [5, 5.41) is 0. The Morgan fingerprint density at radius 2 is 0.760 bits per heavy atom. The number of hydrogen-bond donors (Lipinski definition) is 0. The Hall–Kier alpha value is -2.22. The Morgan fingerprint density at radius 1 is 0.420 bits per heavy atom. The van der Waals surface area contributed by atoms with E-state index in [0.29, 0.717) is 5.92 Å². The molecule has 0 bridgehead atoms. The van der Waals surface area contributed by atoms with Gasteiger partial charge in [0, 0.05) is 37.8 Å². The molecular weight excluding hydrogens is 605 g/mol. The minimum atomic E-state index is -0.0631. The number of unbranched alkanes of at least 4 members (excludes halogenated alkanes) is 23. The molecule has 0 aliphatic carbocycles. The van der Waals surface area contributed by atoms with E-state index in [9.17, 15) is 0 Å². The first-order chi connectivity index (χ1) is 24.8. The highest BCUT2D eigenvalue weighted by Crippen LogP contribution is 2.45. The number of rotatable bonds is 32. The highest BCUT2D eigenvalue weighted by atomic mass is 15.4. The van der Waals surface area contributed by atoms with Crippen molar-refractivity contribution in [2.24, 2.45) is 0 Å². The van der Waals surface area contributed by atoms with Crippen LogP contribution in [0.3, 0.4) is 0 Å². The molecule has 0 aromatic heterocycles. The molecule has 0 N–H and O–H groups in total. The molecule has 0 radical (unpaired) electrons. The second-order valence-corrected chi connectivity index (χ2v) is 15.7. The van der Waals surface area contributed by atoms with Gasteiger partial charge in [-0.25, -0.2) is 0 Å². The van der Waals surface area contributed by atoms with Gasteiger partial charge in [0.25, 0.3) is 0 Å². The molecule has 2 aromatic carbocycles. The van der Waals surface area contributed by atoms with E-state index in [0.717, 1.165) is 25.9 Å². The summed E-state index contributed by atoms with van der Waals surface area (Å²) in [6.07, 6.45) is 42.3. The van der Waals surface area contributed by atoms with Gasteiger partial charge in [0.15, 0.2) is 0 Å². The molecule has 50 heavy (non-hydrogen) atoms. The van der Waals surface area contributed by atoms with Crippen molar-refractivity contribution in [3.05, 3.63) is 84.2 Å². The third kappa shape index (κ3) is 15.6. The minimum Gasteiger partial charge on any atom is -0.353 e. The Balaban J connectivity index is 1.56. The summed E-state index contributed by atoms with van der Waals surface area (Å²) in [6, 6.07) is 22.9. The Bertz CT molecular complexity index is 1060. The molecule has 3 rings (SSSR count). The monoisotopic (exact) mass is 685 g/mol. The zero-order valence-corrected chi connectivity index (χ0v) is 33.4. The maximum Gasteiger partial charge on any atom is 0.123 e. The first kappa shape index (κ1) is 42.2. The summed E-state index contributed by atoms with van der Waals surface area (Å²) in [6.45, 7) is 9.35. The van der Waals surface area contributed by atoms with Gasteiger partial charge in [0.05, 0.1) is 0 Å². The van der Waals surface area contributed by atoms with Gasteiger partial charge in [0.1, 0.15) is 5.66 Å². The predicted octanol–water partition coefficient (Wildman–Crippen LogP) is 15.0. The van der Waals surface area contributed by atoms with Crippen molar-refractivity contribution in [1.82, 2.24) is 9.80 Å². The molecule has 0 spiro atoms. The summed E-state index contributed by atoms with van der Waals surface area (Å²) >= 11 is 0. The van der Waals surface area contributed by atoms with Gasteiger partial charge in [-0.05, 0) is 30.4 Å². The van der Waals surface area contributed by atoms with Crippen molar-refractivity contribution >= 4 is 0 Å². The van der Waals surface area contributed by atoms with Crippen LogP contribution in [0.5, 0.6) is 0 Å². The third-order valence-electron chi connectivity index (χ3n) is 11.7. The van der Waals surface area contributed by atoms with E-state index in [1.807, 2.05) is 0 Å². The maximum atomic E-state index is 2.79. The van der Waals surface area contributed by atoms with E-state index < -0.39 is 0 Å². The average molecular weight is 685 g/mol. The summed E-state index contributed by atoms with van der Waals surface area (Å²) in [4.78, 5) is 5.58. The van der Waals surface area contributed by atoms with Crippen LogP contribution in [0.2, 0.25) is 0 Å². The normalized spacial score (nSPS) is 16.5. The Morgan fingerprint density at radius 3 is 1.12 bits per heavy atom. The number of hydrogen-bond acceptors (Lipinski definition) is 2. The highest BCUT2D eigenvalue weighted by Gasteiger charge is 2.49. The molecule has 2 atom stereocenters. The van der Waals surface area contributed by atoms with Crippen molar-refractivity contribution in [3.63, 3.8) is 0 Å². The van der Waals surface area contributed by atoms with Crippen LogP contribution in [0.25, 0.3) is 0 Å². The molecule has 2 heteroatoms. The lowest BCUT2D eigenvalue weighted by atomic mass is 9.78. The van der Waals surface area contributed by atoms with Crippen LogP contribution in [0.4, 0.5) is 0 Å². The van der Waals surface area contributed by atoms with Crippen molar-refractivity contribution in [2.45, 2.75) is 206 Å². The standard InChI is InChI=1S/C48H80N2/c1-4-7-9-11-13-15-17-19-21-23-25-27-35-41-50-43-42-49(40-34-26-24-22-20-18-16-14-12-10-8-5-2)48(50,44-45-36-30-28-31-37-45)47(6-3)46-38-32-29-33-39-46/h28-33,36-39,42-43,47H,4-27,34-35,40-41,44H2,1-3H3. The lowest BCUT2D eigenvalue weighted by molar-refractivity contribution is -0.00378. The third-order valence-corrected chi connectivity index (χ3v) is 11.7. The quantitative estimate of drug-likeness (QED) is 0.0708. The van der Waals surface area contributed by atoms with Gasteiger partial charge in [-0.3, -0.25) is 0 Å². The lowest BCUT2D eigenvalue weighted by Crippen LogP contribution is -2.59. The smallest absolute Gasteiger partial charge is 0.123 e. The second-order valence-electron chi connectivity index (χ2n) is 15.7. The summed E-state index contributed by atoms with van der Waals surface area (Å²) < 4.78 is 0. The molecule has 0 amide bonds. The first-order valence-corrected chi connectivity index (χ1v) is 22.1. The van der Waals surface area contributed by atoms with Crippen LogP contribution in [0.1, 0.15) is 205 Å². The van der Waals surface area contributed by atoms with Crippen LogP contribution in [0.15, 0.2) is 73.1 Å². The molecule has 1 heterocycles. The van der Waals surface area contributed by atoms with E-state index in [1.54, 1.807) is 0 Å². The molecule has 2 nitrogen and oxygen atoms in total. The summed E-state index contributed by atoms with van der Waals surface area (Å²) in [5.41, 5.74) is 2.89. The molecule has 0 saturated carbocycles. The van der Waals surface area contributed by atoms with Gasteiger partial charge >= 0.3 is 0 Å². The zero-order valence-electron chi connectivity index (χ0n) is 33.4. The zero-order chi connectivity index (χ0) is 35.4. The average Bonchev–Trinajstić information content (AvgIpc) is 3.48. The van der Waals surface area contributed by atoms with Crippen LogP contribution in [-0.4, -0.2) is 28.6 Å². The maximum absolute atomic E-state index is 2.79. The van der Waals surface area contributed by atoms with Crippen molar-refractivity contribution < 1.29 is 0 Å². The van der Waals surface area contributed by atoms with Crippen LogP contribution in [0, 0.1) is 0 Å². The largest absolute Gasteiger partial charge is 0.353 e. The van der Waals surface area contributed by atoms with Gasteiger partial charge < -0.3 is 9.80 Å². The van der Waals surface area contributed by atoms with Crippen molar-refractivity contribution in [1.29, 1.82) is 0 Å². The molecule has 2 unspecified atom stereocenters. The SMILES string of the molecule is CCCCCCCCCCCCCCCN1C=CN(CCCCCCCCCCCCCC)C1(Cc1ccccc1)C(CC)c1ccccc1. The van der Waals surface area contributed by atoms with E-state index in [1.165, 1.54) is 172 Å². The van der Waals surface area contributed by atoms with E-state index in [-0.39, 0.29) is 5.66 Å². The first-order valence-electron chi connectivity index (χ1n) is 22.1. The van der Waals surface area contributed by atoms with Crippen molar-refractivity contribution in [3.8, 4) is 0 Å². The molecule has 1 aliphatic rings. The number of benzene rings is 2. The summed E-state index contributed by atoms with van der Waals surface area (Å²) in [5.74, 6) is 0.443. The van der Waals surface area contributed by atoms with Crippen LogP contribution >= 0.6 is 0 Å². The molecule has 0 saturated heterocycles. The Labute approximate surface area is 311 Å². The van der Waals surface area contributed by atoms with Gasteiger partial charge in [-0.1, -0.05) is 229 Å². The van der Waals surface area contributed by atoms with E-state index in [4.69, 9.17) is 0 Å². The van der Waals surface area contributed by atoms with E-state index >= 15 is 0 Å². The Kier molecular flexibility index (Phi) is 23.2. The fourth-order valence-electron chi connectivity index (χ4n) is 8.68. The highest BCUT2D eigenvalue weighted by molar-refractivity contribution is 5.30. The van der Waals surface area contributed by atoms with E-state index in [2.05, 4.69) is 104 Å². The summed E-state index contributed by atoms with van der Waals surface area (Å²) in [7, 11) is 0. The lowest BCUT2D eigenvalue weighted by Gasteiger charge is -2.51. The topological polar surface area (TPSA) is 6.48 Å². The van der Waals surface area contributed by atoms with Gasteiger partial charge in [-0.15, -0.1) is 0 Å². The van der Waals surface area contributed by atoms with Crippen LogP contribution in [-0.2, 0) is 6.42 Å². The molecule has 282 valence electrons. The van der Waals surface area contributed by atoms with Crippen molar-refractivity contribution in [2.75, 3.05) is 13.1 Å². The fraction of sp³-hybridized carbons (Fsp3) is 0.708. The predicted molar refractivity (Wildman–Crippen MR) is 222 cm³/mol. The fourth-order valence-corrected chi connectivity index (χ4v) is 8.68. The second kappa shape index (κ2) is 27.4. The van der Waals surface area contributed by atoms with Gasteiger partial charge in [-0.2, -0.15) is 0 Å². The molecule has 2 aromatic rings. The van der Waals surface area contributed by atoms with Gasteiger partial charge in [0.2, 0.25) is 0 Å². The molecular formula is C48H80N2.